The quantitative estimate of drug-likeness (QED) is 0.111. The Balaban J connectivity index is 1.39. The summed E-state index contributed by atoms with van der Waals surface area (Å²) in [7, 11) is 0. The summed E-state index contributed by atoms with van der Waals surface area (Å²) in [5, 5.41) is 3.40. The van der Waals surface area contributed by atoms with Crippen LogP contribution in [0.1, 0.15) is 33.9 Å². The summed E-state index contributed by atoms with van der Waals surface area (Å²) in [5.74, 6) is -0.562. The number of rotatable bonds is 10. The van der Waals surface area contributed by atoms with E-state index in [1.165, 1.54) is 27.1 Å². The fraction of sp³-hybridized carbons (Fsp3) is 0.423. The van der Waals surface area contributed by atoms with Gasteiger partial charge >= 0.3 is 17.9 Å². The number of anilines is 1. The van der Waals surface area contributed by atoms with Gasteiger partial charge in [-0.3, -0.25) is 19.0 Å². The lowest BCUT2D eigenvalue weighted by molar-refractivity contribution is -0.166. The molecule has 4 aromatic rings. The SMILES string of the molecule is CC(=O)OC[C@H]1O[C@@H](n2cnc3c(N[C@H](C)CSc4nc5ccccc5s4)nc(Br)nc32)C(OC(C)=O)C1OC(C)=O. The van der Waals surface area contributed by atoms with Crippen molar-refractivity contribution < 1.29 is 33.3 Å². The minimum atomic E-state index is -1.07. The van der Waals surface area contributed by atoms with Crippen LogP contribution in [0, 0.1) is 0 Å². The molecule has 0 saturated carbocycles. The van der Waals surface area contributed by atoms with E-state index in [1.807, 2.05) is 25.1 Å². The molecule has 0 amide bonds. The predicted octanol–water partition coefficient (Wildman–Crippen LogP) is 4.12. The van der Waals surface area contributed by atoms with Gasteiger partial charge < -0.3 is 24.3 Å². The van der Waals surface area contributed by atoms with Crippen LogP contribution in [-0.2, 0) is 33.3 Å². The largest absolute Gasteiger partial charge is 0.463 e. The van der Waals surface area contributed by atoms with Crippen molar-refractivity contribution in [2.45, 2.75) is 62.6 Å². The molecule has 4 heterocycles. The van der Waals surface area contributed by atoms with Crippen molar-refractivity contribution in [3.63, 3.8) is 0 Å². The smallest absolute Gasteiger partial charge is 0.303 e. The predicted molar refractivity (Wildman–Crippen MR) is 158 cm³/mol. The average molecular weight is 680 g/mol. The van der Waals surface area contributed by atoms with E-state index in [1.54, 1.807) is 27.7 Å². The number of para-hydroxylation sites is 1. The Bertz CT molecular complexity index is 1600. The number of benzene rings is 1. The number of fused-ring (bicyclic) bond motifs is 2. The minimum absolute atomic E-state index is 0.0184. The molecule has 1 aliphatic rings. The third-order valence-electron chi connectivity index (χ3n) is 6.12. The van der Waals surface area contributed by atoms with Crippen LogP contribution in [0.25, 0.3) is 21.4 Å². The van der Waals surface area contributed by atoms with Crippen LogP contribution in [0.5, 0.6) is 0 Å². The van der Waals surface area contributed by atoms with Gasteiger partial charge in [0.2, 0.25) is 4.73 Å². The number of thioether (sulfide) groups is 1. The second kappa shape index (κ2) is 12.9. The first kappa shape index (κ1) is 30.1. The van der Waals surface area contributed by atoms with Gasteiger partial charge in [-0.1, -0.05) is 23.9 Å². The van der Waals surface area contributed by atoms with Gasteiger partial charge in [0.1, 0.15) is 12.7 Å². The Kier molecular flexibility index (Phi) is 9.25. The standard InChI is InChI=1S/C26H27BrN6O7S2/c1-12(10-41-26-30-16-7-5-6-8-18(16)42-26)29-22-19-23(32-25(27)31-22)33(11-28-19)24-21(39-15(4)36)20(38-14(3)35)17(40-24)9-37-13(2)34/h5-8,11-12,17,20-21,24H,9-10H2,1-4H3,(H,29,31,32)/t12-,17-,20?,21?,24-/m1/s1. The molecular weight excluding hydrogens is 652 g/mol. The Labute approximate surface area is 256 Å². The summed E-state index contributed by atoms with van der Waals surface area (Å²) in [5.41, 5.74) is 1.81. The number of esters is 3. The van der Waals surface area contributed by atoms with Crippen LogP contribution in [0.2, 0.25) is 0 Å². The van der Waals surface area contributed by atoms with E-state index >= 15 is 0 Å². The number of halogens is 1. The van der Waals surface area contributed by atoms with Crippen molar-refractivity contribution in [1.82, 2.24) is 24.5 Å². The number of aromatic nitrogens is 5. The highest BCUT2D eigenvalue weighted by atomic mass is 79.9. The molecule has 2 unspecified atom stereocenters. The normalized spacial score (nSPS) is 20.9. The van der Waals surface area contributed by atoms with Crippen LogP contribution < -0.4 is 5.32 Å². The van der Waals surface area contributed by atoms with E-state index in [0.29, 0.717) is 27.5 Å². The summed E-state index contributed by atoms with van der Waals surface area (Å²) in [6, 6.07) is 8.00. The lowest BCUT2D eigenvalue weighted by atomic mass is 10.1. The van der Waals surface area contributed by atoms with Crippen molar-refractivity contribution >= 4 is 84.1 Å². The summed E-state index contributed by atoms with van der Waals surface area (Å²) in [6.07, 6.45) is -2.54. The van der Waals surface area contributed by atoms with Crippen LogP contribution in [-0.4, -0.2) is 79.1 Å². The molecule has 0 aliphatic carbocycles. The molecule has 16 heteroatoms. The Morgan fingerprint density at radius 3 is 2.55 bits per heavy atom. The maximum atomic E-state index is 12.0. The number of hydrogen-bond donors (Lipinski definition) is 1. The highest BCUT2D eigenvalue weighted by Crippen LogP contribution is 2.37. The van der Waals surface area contributed by atoms with Crippen molar-refractivity contribution in [1.29, 1.82) is 0 Å². The molecule has 1 fully saturated rings. The molecule has 1 aromatic carbocycles. The zero-order chi connectivity index (χ0) is 30.0. The number of carbonyl (C=O) groups is 3. The van der Waals surface area contributed by atoms with Gasteiger partial charge in [0.05, 0.1) is 16.5 Å². The number of ether oxygens (including phenoxy) is 4. The Morgan fingerprint density at radius 1 is 1.10 bits per heavy atom. The molecule has 1 aliphatic heterocycles. The maximum Gasteiger partial charge on any atom is 0.303 e. The number of thiazole rings is 1. The van der Waals surface area contributed by atoms with Gasteiger partial charge in [0.25, 0.3) is 0 Å². The molecular formula is C26H27BrN6O7S2. The number of nitrogens with zero attached hydrogens (tertiary/aromatic N) is 5. The van der Waals surface area contributed by atoms with E-state index in [4.69, 9.17) is 18.9 Å². The van der Waals surface area contributed by atoms with E-state index in [0.717, 1.165) is 14.6 Å². The van der Waals surface area contributed by atoms with Crippen molar-refractivity contribution in [2.24, 2.45) is 0 Å². The van der Waals surface area contributed by atoms with Crippen molar-refractivity contribution in [3.8, 4) is 0 Å². The molecule has 222 valence electrons. The van der Waals surface area contributed by atoms with Crippen molar-refractivity contribution in [2.75, 3.05) is 17.7 Å². The third kappa shape index (κ3) is 6.82. The molecule has 1 N–H and O–H groups in total. The van der Waals surface area contributed by atoms with Crippen LogP contribution in [0.15, 0.2) is 39.7 Å². The van der Waals surface area contributed by atoms with E-state index < -0.39 is 42.4 Å². The first-order valence-electron chi connectivity index (χ1n) is 12.9. The lowest BCUT2D eigenvalue weighted by Gasteiger charge is -2.23. The monoisotopic (exact) mass is 678 g/mol. The fourth-order valence-corrected chi connectivity index (χ4v) is 6.87. The molecule has 3 aromatic heterocycles. The number of carbonyl (C=O) groups excluding carboxylic acids is 3. The molecule has 1 saturated heterocycles. The third-order valence-corrected chi connectivity index (χ3v) is 8.92. The van der Waals surface area contributed by atoms with E-state index in [9.17, 15) is 14.4 Å². The lowest BCUT2D eigenvalue weighted by Crippen LogP contribution is -2.40. The van der Waals surface area contributed by atoms with Gasteiger partial charge in [-0.2, -0.15) is 0 Å². The zero-order valence-corrected chi connectivity index (χ0v) is 26.2. The first-order chi connectivity index (χ1) is 20.1. The van der Waals surface area contributed by atoms with Gasteiger partial charge in [-0.15, -0.1) is 11.3 Å². The summed E-state index contributed by atoms with van der Waals surface area (Å²) < 4.78 is 26.3. The average Bonchev–Trinajstić information content (AvgIpc) is 3.61. The highest BCUT2D eigenvalue weighted by molar-refractivity contribution is 9.10. The second-order valence-electron chi connectivity index (χ2n) is 9.48. The summed E-state index contributed by atoms with van der Waals surface area (Å²) in [6.45, 7) is 5.53. The van der Waals surface area contributed by atoms with Gasteiger partial charge in [-0.05, 0) is 35.0 Å². The highest BCUT2D eigenvalue weighted by Gasteiger charge is 2.51. The van der Waals surface area contributed by atoms with Crippen LogP contribution >= 0.6 is 39.0 Å². The molecule has 0 bridgehead atoms. The molecule has 5 rings (SSSR count). The Hall–Kier alpha value is -3.34. The summed E-state index contributed by atoms with van der Waals surface area (Å²) >= 11 is 6.67. The maximum absolute atomic E-state index is 12.0. The second-order valence-corrected chi connectivity index (χ2v) is 12.5. The zero-order valence-electron chi connectivity index (χ0n) is 23.0. The van der Waals surface area contributed by atoms with Gasteiger partial charge in [-0.25, -0.2) is 19.9 Å². The minimum Gasteiger partial charge on any atom is -0.463 e. The molecule has 42 heavy (non-hydrogen) atoms. The number of hydrogen-bond acceptors (Lipinski definition) is 14. The van der Waals surface area contributed by atoms with Crippen LogP contribution in [0.4, 0.5) is 5.82 Å². The number of nitrogens with one attached hydrogen (secondary N) is 1. The number of imidazole rings is 1. The first-order valence-corrected chi connectivity index (χ1v) is 15.5. The fourth-order valence-electron chi connectivity index (χ4n) is 4.48. The van der Waals surface area contributed by atoms with Crippen molar-refractivity contribution in [3.05, 3.63) is 35.3 Å². The van der Waals surface area contributed by atoms with Gasteiger partial charge in [0, 0.05) is 32.6 Å². The molecule has 0 radical (unpaired) electrons. The topological polar surface area (TPSA) is 157 Å². The van der Waals surface area contributed by atoms with E-state index in [2.05, 4.69) is 47.2 Å². The summed E-state index contributed by atoms with van der Waals surface area (Å²) in [4.78, 5) is 53.7. The molecule has 0 spiro atoms. The van der Waals surface area contributed by atoms with Gasteiger partial charge in [0.15, 0.2) is 39.8 Å². The Morgan fingerprint density at radius 2 is 1.83 bits per heavy atom. The van der Waals surface area contributed by atoms with E-state index in [-0.39, 0.29) is 12.6 Å². The molecule has 13 nitrogen and oxygen atoms in total. The molecule has 5 atom stereocenters. The van der Waals surface area contributed by atoms with Crippen LogP contribution in [0.3, 0.4) is 0 Å².